The highest BCUT2D eigenvalue weighted by atomic mass is 32.2. The van der Waals surface area contributed by atoms with Gasteiger partial charge in [0.1, 0.15) is 5.82 Å². The summed E-state index contributed by atoms with van der Waals surface area (Å²) in [5, 5.41) is 0.734. The largest absolute Gasteiger partial charge is 0.301 e. The van der Waals surface area contributed by atoms with Crippen molar-refractivity contribution in [3.63, 3.8) is 0 Å². The average molecular weight is 383 g/mol. The van der Waals surface area contributed by atoms with Crippen molar-refractivity contribution in [3.05, 3.63) is 51.7 Å². The first kappa shape index (κ1) is 17.9. The molecule has 1 aliphatic carbocycles. The Morgan fingerprint density at radius 2 is 1.78 bits per heavy atom. The fraction of sp³-hybridized carbons (Fsp3) is 0.300. The lowest BCUT2D eigenvalue weighted by atomic mass is 9.73. The molecule has 0 unspecified atom stereocenters. The van der Waals surface area contributed by atoms with Gasteiger partial charge in [-0.25, -0.2) is 14.4 Å². The van der Waals surface area contributed by atoms with Gasteiger partial charge in [0.15, 0.2) is 16.6 Å². The number of ketones is 1. The van der Waals surface area contributed by atoms with Crippen molar-refractivity contribution in [1.29, 1.82) is 0 Å². The molecule has 7 heteroatoms. The summed E-state index contributed by atoms with van der Waals surface area (Å²) in [5.74, 6) is -0.432. The van der Waals surface area contributed by atoms with Gasteiger partial charge in [0.25, 0.3) is 5.56 Å². The number of halogens is 1. The molecule has 1 aromatic carbocycles. The Morgan fingerprint density at radius 3 is 2.44 bits per heavy atom. The first-order valence-corrected chi connectivity index (χ1v) is 9.81. The molecular formula is C20H18FN3O2S. The zero-order chi connectivity index (χ0) is 19.3. The Bertz CT molecular complexity index is 1140. The molecule has 4 rings (SSSR count). The van der Waals surface area contributed by atoms with E-state index in [1.807, 2.05) is 20.1 Å². The number of hydrogen-bond acceptors (Lipinski definition) is 5. The molecule has 2 aromatic heterocycles. The van der Waals surface area contributed by atoms with E-state index in [0.717, 1.165) is 0 Å². The van der Waals surface area contributed by atoms with E-state index in [9.17, 15) is 14.0 Å². The predicted octanol–water partition coefficient (Wildman–Crippen LogP) is 4.00. The molecule has 0 amide bonds. The molecule has 0 fully saturated rings. The molecule has 1 N–H and O–H groups in total. The Kier molecular flexibility index (Phi) is 4.14. The number of H-pyrrole nitrogens is 1. The zero-order valence-electron chi connectivity index (χ0n) is 15.2. The number of thioether (sulfide) groups is 1. The molecular weight excluding hydrogens is 365 g/mol. The number of aromatic nitrogens is 3. The molecule has 1 aliphatic rings. The molecule has 5 nitrogen and oxygen atoms in total. The third-order valence-electron chi connectivity index (χ3n) is 4.80. The number of hydrogen-bond donors (Lipinski definition) is 1. The third kappa shape index (κ3) is 3.06. The highest BCUT2D eigenvalue weighted by Gasteiger charge is 2.35. The van der Waals surface area contributed by atoms with Gasteiger partial charge in [0.2, 0.25) is 0 Å². The van der Waals surface area contributed by atoms with Crippen molar-refractivity contribution < 1.29 is 9.18 Å². The van der Waals surface area contributed by atoms with Gasteiger partial charge in [-0.3, -0.25) is 9.59 Å². The van der Waals surface area contributed by atoms with Crippen LogP contribution >= 0.6 is 11.8 Å². The van der Waals surface area contributed by atoms with E-state index in [4.69, 9.17) is 0 Å². The van der Waals surface area contributed by atoms with Crippen LogP contribution in [-0.2, 0) is 6.42 Å². The number of aromatic amines is 1. The van der Waals surface area contributed by atoms with E-state index in [1.165, 1.54) is 23.9 Å². The fourth-order valence-electron chi connectivity index (χ4n) is 3.67. The summed E-state index contributed by atoms with van der Waals surface area (Å²) in [6.45, 7) is 4.05. The van der Waals surface area contributed by atoms with Crippen molar-refractivity contribution in [3.8, 4) is 11.1 Å². The zero-order valence-corrected chi connectivity index (χ0v) is 16.0. The van der Waals surface area contributed by atoms with Gasteiger partial charge in [0, 0.05) is 17.5 Å². The van der Waals surface area contributed by atoms with E-state index in [0.29, 0.717) is 46.0 Å². The van der Waals surface area contributed by atoms with Crippen molar-refractivity contribution >= 4 is 28.6 Å². The Morgan fingerprint density at radius 1 is 1.07 bits per heavy atom. The number of fused-ring (bicyclic) bond motifs is 2. The summed E-state index contributed by atoms with van der Waals surface area (Å²) >= 11 is 1.32. The molecule has 0 aliphatic heterocycles. The van der Waals surface area contributed by atoms with Crippen LogP contribution in [0, 0.1) is 11.2 Å². The lowest BCUT2D eigenvalue weighted by molar-refractivity contribution is 0.0911. The summed E-state index contributed by atoms with van der Waals surface area (Å²) in [5.41, 5.74) is 1.96. The number of carbonyl (C=O) groups is 1. The average Bonchev–Trinajstić information content (AvgIpc) is 2.59. The monoisotopic (exact) mass is 383 g/mol. The van der Waals surface area contributed by atoms with Crippen molar-refractivity contribution in [2.45, 2.75) is 31.8 Å². The van der Waals surface area contributed by atoms with Crippen molar-refractivity contribution in [2.24, 2.45) is 5.41 Å². The predicted molar refractivity (Wildman–Crippen MR) is 104 cm³/mol. The molecule has 138 valence electrons. The maximum atomic E-state index is 13.4. The highest BCUT2D eigenvalue weighted by Crippen LogP contribution is 2.40. The second-order valence-corrected chi connectivity index (χ2v) is 8.33. The van der Waals surface area contributed by atoms with Gasteiger partial charge >= 0.3 is 0 Å². The number of nitrogens with zero attached hydrogens (tertiary/aromatic N) is 2. The molecule has 0 bridgehead atoms. The molecule has 3 aromatic rings. The number of benzene rings is 1. The molecule has 0 atom stereocenters. The van der Waals surface area contributed by atoms with E-state index in [-0.39, 0.29) is 28.0 Å². The smallest absolute Gasteiger partial charge is 0.261 e. The minimum Gasteiger partial charge on any atom is -0.301 e. The number of carbonyl (C=O) groups excluding carboxylic acids is 1. The summed E-state index contributed by atoms with van der Waals surface area (Å²) < 4.78 is 13.4. The lowest BCUT2D eigenvalue weighted by Gasteiger charge is -2.31. The lowest BCUT2D eigenvalue weighted by Crippen LogP contribution is -2.29. The molecule has 0 spiro atoms. The van der Waals surface area contributed by atoms with Gasteiger partial charge in [0.05, 0.1) is 11.1 Å². The van der Waals surface area contributed by atoms with Crippen LogP contribution in [0.5, 0.6) is 0 Å². The Balaban J connectivity index is 2.15. The van der Waals surface area contributed by atoms with Gasteiger partial charge < -0.3 is 4.98 Å². The quantitative estimate of drug-likeness (QED) is 0.535. The van der Waals surface area contributed by atoms with Crippen LogP contribution in [0.25, 0.3) is 22.2 Å². The first-order valence-electron chi connectivity index (χ1n) is 8.59. The first-order chi connectivity index (χ1) is 12.8. The third-order valence-corrected chi connectivity index (χ3v) is 5.38. The number of nitrogens with one attached hydrogen (secondary N) is 1. The highest BCUT2D eigenvalue weighted by molar-refractivity contribution is 7.98. The SMILES string of the molecule is CSc1nc2nc3c(c(-c4ccc(F)cc4)c2c(=O)[nH]1)C(=O)CC(C)(C)C3. The van der Waals surface area contributed by atoms with Crippen LogP contribution in [-0.4, -0.2) is 27.0 Å². The van der Waals surface area contributed by atoms with Crippen molar-refractivity contribution in [2.75, 3.05) is 6.26 Å². The summed E-state index contributed by atoms with van der Waals surface area (Å²) in [4.78, 5) is 37.6. The molecule has 27 heavy (non-hydrogen) atoms. The number of pyridine rings is 1. The van der Waals surface area contributed by atoms with Gasteiger partial charge in [-0.05, 0) is 35.8 Å². The topological polar surface area (TPSA) is 75.7 Å². The number of rotatable bonds is 2. The standard InChI is InChI=1S/C20H18FN3O2S/c1-20(2)8-12-15(13(25)9-20)14(10-4-6-11(21)7-5-10)16-17(22-12)23-19(27-3)24-18(16)26/h4-7H,8-9H2,1-3H3,(H,22,23,24,26). The molecule has 0 saturated carbocycles. The van der Waals surface area contributed by atoms with E-state index in [2.05, 4.69) is 15.0 Å². The van der Waals surface area contributed by atoms with Gasteiger partial charge in [-0.15, -0.1) is 0 Å². The van der Waals surface area contributed by atoms with Crippen LogP contribution in [0.1, 0.15) is 36.3 Å². The van der Waals surface area contributed by atoms with Crippen LogP contribution in [0.3, 0.4) is 0 Å². The van der Waals surface area contributed by atoms with Crippen LogP contribution in [0.2, 0.25) is 0 Å². The van der Waals surface area contributed by atoms with Crippen LogP contribution in [0.15, 0.2) is 34.2 Å². The Hall–Kier alpha value is -2.54. The van der Waals surface area contributed by atoms with E-state index >= 15 is 0 Å². The summed E-state index contributed by atoms with van der Waals surface area (Å²) in [7, 11) is 0. The minimum absolute atomic E-state index is 0.0525. The molecule has 0 radical (unpaired) electrons. The second kappa shape index (κ2) is 6.27. The van der Waals surface area contributed by atoms with Gasteiger partial charge in [-0.2, -0.15) is 0 Å². The molecule has 0 saturated heterocycles. The Labute approximate surface area is 159 Å². The summed E-state index contributed by atoms with van der Waals surface area (Å²) in [6.07, 6.45) is 2.80. The van der Waals surface area contributed by atoms with E-state index in [1.54, 1.807) is 12.1 Å². The number of Topliss-reactive ketones (excluding diaryl/α,β-unsaturated/α-hetero) is 1. The maximum absolute atomic E-state index is 13.4. The second-order valence-electron chi connectivity index (χ2n) is 7.53. The van der Waals surface area contributed by atoms with Crippen molar-refractivity contribution in [1.82, 2.24) is 15.0 Å². The summed E-state index contributed by atoms with van der Waals surface area (Å²) in [6, 6.07) is 5.81. The normalized spacial score (nSPS) is 15.8. The minimum atomic E-state index is -0.379. The van der Waals surface area contributed by atoms with Crippen LogP contribution < -0.4 is 5.56 Å². The van der Waals surface area contributed by atoms with Gasteiger partial charge in [-0.1, -0.05) is 37.7 Å². The maximum Gasteiger partial charge on any atom is 0.261 e. The fourth-order valence-corrected chi connectivity index (χ4v) is 4.04. The molecule has 2 heterocycles. The van der Waals surface area contributed by atoms with Crippen LogP contribution in [0.4, 0.5) is 4.39 Å². The van der Waals surface area contributed by atoms with E-state index < -0.39 is 0 Å².